The number of aryl methyl sites for hydroxylation is 2. The van der Waals surface area contributed by atoms with Crippen molar-refractivity contribution in [2.75, 3.05) is 11.1 Å². The zero-order valence-corrected chi connectivity index (χ0v) is 13.7. The third-order valence-corrected chi connectivity index (χ3v) is 4.24. The Balaban J connectivity index is 2.35. The summed E-state index contributed by atoms with van der Waals surface area (Å²) in [6.45, 7) is 8.23. The molecule has 0 radical (unpaired) electrons. The van der Waals surface area contributed by atoms with Crippen LogP contribution in [-0.2, 0) is 0 Å². The van der Waals surface area contributed by atoms with E-state index in [1.165, 1.54) is 11.1 Å². The summed E-state index contributed by atoms with van der Waals surface area (Å²) in [6, 6.07) is 5.90. The Morgan fingerprint density at radius 3 is 2.25 bits per heavy atom. The van der Waals surface area contributed by atoms with Gasteiger partial charge in [0.2, 0.25) is 0 Å². The summed E-state index contributed by atoms with van der Waals surface area (Å²) in [4.78, 5) is 8.74. The smallest absolute Gasteiger partial charge is 0.136 e. The second-order valence-electron chi connectivity index (χ2n) is 5.24. The molecule has 0 unspecified atom stereocenters. The molecule has 0 atom stereocenters. The van der Waals surface area contributed by atoms with Crippen LogP contribution in [0, 0.1) is 13.8 Å². The van der Waals surface area contributed by atoms with Crippen molar-refractivity contribution in [2.45, 2.75) is 33.6 Å². The van der Waals surface area contributed by atoms with Gasteiger partial charge in [-0.15, -0.1) is 0 Å². The first kappa shape index (κ1) is 14.8. The van der Waals surface area contributed by atoms with Crippen molar-refractivity contribution in [3.8, 4) is 0 Å². The molecular formula is C15H19BrN4. The summed E-state index contributed by atoms with van der Waals surface area (Å²) in [5.41, 5.74) is 9.19. The maximum absolute atomic E-state index is 5.84. The number of nitrogen functional groups attached to an aromatic ring is 1. The molecule has 4 nitrogen and oxygen atoms in total. The lowest BCUT2D eigenvalue weighted by Crippen LogP contribution is -2.05. The Kier molecular flexibility index (Phi) is 4.28. The van der Waals surface area contributed by atoms with Crippen LogP contribution in [0.5, 0.6) is 0 Å². The summed E-state index contributed by atoms with van der Waals surface area (Å²) in [7, 11) is 0. The zero-order chi connectivity index (χ0) is 14.9. The molecule has 0 amide bonds. The predicted octanol–water partition coefficient (Wildman–Crippen LogP) is 4.31. The Morgan fingerprint density at radius 1 is 1.10 bits per heavy atom. The maximum atomic E-state index is 5.84. The number of nitrogens with two attached hydrogens (primary N) is 1. The van der Waals surface area contributed by atoms with Crippen LogP contribution in [0.3, 0.4) is 0 Å². The van der Waals surface area contributed by atoms with Crippen LogP contribution in [0.2, 0.25) is 0 Å². The first-order valence-corrected chi connectivity index (χ1v) is 7.34. The number of anilines is 3. The highest BCUT2D eigenvalue weighted by Gasteiger charge is 2.08. The summed E-state index contributed by atoms with van der Waals surface area (Å²) >= 11 is 3.57. The molecule has 0 fully saturated rings. The molecule has 1 heterocycles. The molecule has 0 aliphatic heterocycles. The quantitative estimate of drug-likeness (QED) is 0.877. The van der Waals surface area contributed by atoms with E-state index in [-0.39, 0.29) is 5.92 Å². The van der Waals surface area contributed by atoms with Gasteiger partial charge in [0.1, 0.15) is 17.5 Å². The average molecular weight is 335 g/mol. The van der Waals surface area contributed by atoms with Gasteiger partial charge in [-0.3, -0.25) is 0 Å². The van der Waals surface area contributed by atoms with E-state index in [1.807, 2.05) is 13.8 Å². The fourth-order valence-electron chi connectivity index (χ4n) is 1.97. The number of benzene rings is 1. The third-order valence-electron chi connectivity index (χ3n) is 2.99. The molecule has 0 aliphatic rings. The predicted molar refractivity (Wildman–Crippen MR) is 87.4 cm³/mol. The maximum Gasteiger partial charge on any atom is 0.136 e. The van der Waals surface area contributed by atoms with Gasteiger partial charge in [-0.05, 0) is 37.1 Å². The number of hydrogen-bond acceptors (Lipinski definition) is 4. The lowest BCUT2D eigenvalue weighted by atomic mass is 10.1. The SMILES string of the molecule is Cc1cc(Nc2cc(N)nc(C(C)C)n2)cc(C)c1Br. The van der Waals surface area contributed by atoms with E-state index in [0.29, 0.717) is 5.82 Å². The molecule has 0 spiro atoms. The fraction of sp³-hybridized carbons (Fsp3) is 0.333. The molecule has 3 N–H and O–H groups in total. The molecule has 0 aliphatic carbocycles. The van der Waals surface area contributed by atoms with Gasteiger partial charge in [0, 0.05) is 22.1 Å². The van der Waals surface area contributed by atoms with Gasteiger partial charge < -0.3 is 11.1 Å². The highest BCUT2D eigenvalue weighted by atomic mass is 79.9. The molecule has 0 bridgehead atoms. The topological polar surface area (TPSA) is 63.8 Å². The Morgan fingerprint density at radius 2 is 1.70 bits per heavy atom. The minimum Gasteiger partial charge on any atom is -0.384 e. The molecule has 2 aromatic rings. The molecule has 1 aromatic heterocycles. The van der Waals surface area contributed by atoms with Crippen molar-refractivity contribution in [1.82, 2.24) is 9.97 Å². The molecule has 1 aromatic carbocycles. The van der Waals surface area contributed by atoms with E-state index in [4.69, 9.17) is 5.73 Å². The van der Waals surface area contributed by atoms with Gasteiger partial charge >= 0.3 is 0 Å². The van der Waals surface area contributed by atoms with Gasteiger partial charge in [-0.25, -0.2) is 9.97 Å². The molecule has 0 saturated heterocycles. The molecule has 106 valence electrons. The van der Waals surface area contributed by atoms with Crippen molar-refractivity contribution in [2.24, 2.45) is 0 Å². The zero-order valence-electron chi connectivity index (χ0n) is 12.2. The molecular weight excluding hydrogens is 316 g/mol. The van der Waals surface area contributed by atoms with E-state index >= 15 is 0 Å². The van der Waals surface area contributed by atoms with Crippen LogP contribution < -0.4 is 11.1 Å². The van der Waals surface area contributed by atoms with Crippen LogP contribution in [-0.4, -0.2) is 9.97 Å². The van der Waals surface area contributed by atoms with Gasteiger partial charge in [0.25, 0.3) is 0 Å². The van der Waals surface area contributed by atoms with Gasteiger partial charge in [0.15, 0.2) is 0 Å². The minimum atomic E-state index is 0.243. The number of nitrogens with zero attached hydrogens (tertiary/aromatic N) is 2. The Labute approximate surface area is 128 Å². The highest BCUT2D eigenvalue weighted by molar-refractivity contribution is 9.10. The average Bonchev–Trinajstić information content (AvgIpc) is 2.35. The van der Waals surface area contributed by atoms with E-state index < -0.39 is 0 Å². The molecule has 20 heavy (non-hydrogen) atoms. The second-order valence-corrected chi connectivity index (χ2v) is 6.03. The first-order valence-electron chi connectivity index (χ1n) is 6.55. The number of nitrogens with one attached hydrogen (secondary N) is 1. The van der Waals surface area contributed by atoms with Gasteiger partial charge in [-0.2, -0.15) is 0 Å². The Bertz CT molecular complexity index is 615. The monoisotopic (exact) mass is 334 g/mol. The first-order chi connectivity index (χ1) is 9.36. The van der Waals surface area contributed by atoms with Crippen LogP contribution >= 0.6 is 15.9 Å². The van der Waals surface area contributed by atoms with Crippen LogP contribution in [0.4, 0.5) is 17.3 Å². The standard InChI is InChI=1S/C15H19BrN4/c1-8(2)15-19-12(17)7-13(20-15)18-11-5-9(3)14(16)10(4)6-11/h5-8H,1-4H3,(H3,17,18,19,20). The number of aromatic nitrogens is 2. The summed E-state index contributed by atoms with van der Waals surface area (Å²) in [6.07, 6.45) is 0. The van der Waals surface area contributed by atoms with E-state index in [1.54, 1.807) is 6.07 Å². The third kappa shape index (κ3) is 3.28. The van der Waals surface area contributed by atoms with Gasteiger partial charge in [0.05, 0.1) is 0 Å². The highest BCUT2D eigenvalue weighted by Crippen LogP contribution is 2.27. The van der Waals surface area contributed by atoms with Crippen LogP contribution in [0.15, 0.2) is 22.7 Å². The van der Waals surface area contributed by atoms with E-state index in [0.717, 1.165) is 21.8 Å². The van der Waals surface area contributed by atoms with Gasteiger partial charge in [-0.1, -0.05) is 29.8 Å². The van der Waals surface area contributed by atoms with Crippen molar-refractivity contribution in [3.63, 3.8) is 0 Å². The van der Waals surface area contributed by atoms with Crippen molar-refractivity contribution in [1.29, 1.82) is 0 Å². The Hall–Kier alpha value is -1.62. The van der Waals surface area contributed by atoms with E-state index in [2.05, 4.69) is 57.2 Å². The number of halogens is 1. The molecule has 5 heteroatoms. The lowest BCUT2D eigenvalue weighted by molar-refractivity contribution is 0.779. The normalized spacial score (nSPS) is 10.9. The summed E-state index contributed by atoms with van der Waals surface area (Å²) in [5, 5.41) is 3.30. The second kappa shape index (κ2) is 5.79. The van der Waals surface area contributed by atoms with Crippen LogP contribution in [0.25, 0.3) is 0 Å². The molecule has 0 saturated carbocycles. The van der Waals surface area contributed by atoms with E-state index in [9.17, 15) is 0 Å². The lowest BCUT2D eigenvalue weighted by Gasteiger charge is -2.12. The van der Waals surface area contributed by atoms with Crippen molar-refractivity contribution < 1.29 is 0 Å². The fourth-order valence-corrected chi connectivity index (χ4v) is 2.20. The largest absolute Gasteiger partial charge is 0.384 e. The van der Waals surface area contributed by atoms with Crippen molar-refractivity contribution in [3.05, 3.63) is 39.6 Å². The van der Waals surface area contributed by atoms with Crippen LogP contribution in [0.1, 0.15) is 36.7 Å². The number of hydrogen-bond donors (Lipinski definition) is 2. The summed E-state index contributed by atoms with van der Waals surface area (Å²) < 4.78 is 1.13. The van der Waals surface area contributed by atoms with Crippen molar-refractivity contribution >= 4 is 33.3 Å². The summed E-state index contributed by atoms with van der Waals surface area (Å²) in [5.74, 6) is 2.20. The number of rotatable bonds is 3. The molecule has 2 rings (SSSR count). The minimum absolute atomic E-state index is 0.243.